The van der Waals surface area contributed by atoms with E-state index < -0.39 is 22.1 Å². The van der Waals surface area contributed by atoms with Gasteiger partial charge in [-0.25, -0.2) is 4.79 Å². The van der Waals surface area contributed by atoms with E-state index in [0.29, 0.717) is 25.5 Å². The van der Waals surface area contributed by atoms with Crippen LogP contribution in [0.15, 0.2) is 29.2 Å². The van der Waals surface area contributed by atoms with Crippen LogP contribution in [0.2, 0.25) is 0 Å². The van der Waals surface area contributed by atoms with Gasteiger partial charge in [0.1, 0.15) is 0 Å². The Kier molecular flexibility index (Phi) is 4.91. The number of carbonyl (C=O) groups excluding carboxylic acids is 1. The van der Waals surface area contributed by atoms with Crippen molar-refractivity contribution in [2.75, 3.05) is 26.2 Å². The lowest BCUT2D eigenvalue weighted by atomic mass is 10.0. The van der Waals surface area contributed by atoms with Gasteiger partial charge in [-0.15, -0.1) is 4.31 Å². The van der Waals surface area contributed by atoms with Crippen molar-refractivity contribution in [3.05, 3.63) is 29.8 Å². The average molecular weight is 417 g/mol. The molecule has 4 rings (SSSR count). The molecule has 0 saturated carbocycles. The molecule has 6 nitrogen and oxygen atoms in total. The molecule has 0 aromatic heterocycles. The zero-order valence-electron chi connectivity index (χ0n) is 15.2. The number of urea groups is 1. The van der Waals surface area contributed by atoms with Gasteiger partial charge in [0.2, 0.25) is 0 Å². The van der Waals surface area contributed by atoms with Crippen molar-refractivity contribution < 1.29 is 26.7 Å². The summed E-state index contributed by atoms with van der Waals surface area (Å²) < 4.78 is 65.5. The molecule has 1 aromatic carbocycles. The Balaban J connectivity index is 1.43. The Labute approximate surface area is 162 Å². The van der Waals surface area contributed by atoms with Crippen molar-refractivity contribution in [3.63, 3.8) is 0 Å². The number of nitrogens with zero attached hydrogens (tertiary/aromatic N) is 3. The van der Waals surface area contributed by atoms with Crippen LogP contribution in [0, 0.1) is 0 Å². The van der Waals surface area contributed by atoms with E-state index in [1.807, 2.05) is 9.80 Å². The van der Waals surface area contributed by atoms with E-state index in [2.05, 4.69) is 0 Å². The molecule has 10 heteroatoms. The summed E-state index contributed by atoms with van der Waals surface area (Å²) in [6.07, 6.45) is -1.58. The number of benzene rings is 1. The second-order valence-corrected chi connectivity index (χ2v) is 9.52. The molecule has 2 atom stereocenters. The van der Waals surface area contributed by atoms with Crippen molar-refractivity contribution in [1.82, 2.24) is 14.1 Å². The number of hydrogen-bond donors (Lipinski definition) is 0. The van der Waals surface area contributed by atoms with E-state index in [-0.39, 0.29) is 36.1 Å². The fraction of sp³-hybridized carbons (Fsp3) is 0.611. The summed E-state index contributed by atoms with van der Waals surface area (Å²) in [6.45, 7) is 1.85. The number of sulfonamides is 1. The Hall–Kier alpha value is -1.65. The Bertz CT molecular complexity index is 811. The lowest BCUT2D eigenvalue weighted by molar-refractivity contribution is -0.137. The van der Waals surface area contributed by atoms with E-state index in [4.69, 9.17) is 0 Å². The van der Waals surface area contributed by atoms with E-state index >= 15 is 0 Å². The molecular weight excluding hydrogens is 395 g/mol. The van der Waals surface area contributed by atoms with Crippen LogP contribution in [0.4, 0.5) is 18.0 Å². The highest BCUT2D eigenvalue weighted by Crippen LogP contribution is 2.35. The third kappa shape index (κ3) is 3.42. The average Bonchev–Trinajstić information content (AvgIpc) is 3.24. The molecule has 2 amide bonds. The van der Waals surface area contributed by atoms with Crippen LogP contribution >= 0.6 is 0 Å². The molecule has 0 N–H and O–H groups in total. The van der Waals surface area contributed by atoms with Crippen LogP contribution in [-0.4, -0.2) is 63.0 Å². The summed E-state index contributed by atoms with van der Waals surface area (Å²) in [5, 5.41) is 0. The summed E-state index contributed by atoms with van der Waals surface area (Å²) in [7, 11) is -4.00. The van der Waals surface area contributed by atoms with Crippen molar-refractivity contribution in [1.29, 1.82) is 0 Å². The van der Waals surface area contributed by atoms with Gasteiger partial charge in [-0.3, -0.25) is 0 Å². The maximum atomic E-state index is 12.9. The van der Waals surface area contributed by atoms with E-state index in [9.17, 15) is 26.7 Å². The van der Waals surface area contributed by atoms with Crippen LogP contribution in [0.25, 0.3) is 0 Å². The molecule has 3 saturated heterocycles. The molecule has 0 bridgehead atoms. The molecule has 0 radical (unpaired) electrons. The molecule has 3 fully saturated rings. The molecule has 3 aliphatic rings. The fourth-order valence-electron chi connectivity index (χ4n) is 4.43. The number of amides is 2. The molecule has 28 heavy (non-hydrogen) atoms. The Morgan fingerprint density at radius 2 is 1.75 bits per heavy atom. The fourth-order valence-corrected chi connectivity index (χ4v) is 5.94. The third-order valence-electron chi connectivity index (χ3n) is 5.94. The highest BCUT2D eigenvalue weighted by atomic mass is 32.3. The van der Waals surface area contributed by atoms with Crippen LogP contribution < -0.4 is 0 Å². The smallest absolute Gasteiger partial charge is 0.416 e. The van der Waals surface area contributed by atoms with Crippen molar-refractivity contribution in [2.24, 2.45) is 0 Å². The van der Waals surface area contributed by atoms with Crippen molar-refractivity contribution in [2.45, 2.75) is 48.8 Å². The van der Waals surface area contributed by atoms with Gasteiger partial charge in [-0.2, -0.15) is 13.2 Å². The highest BCUT2D eigenvalue weighted by Gasteiger charge is 2.45. The normalized spacial score (nSPS) is 26.6. The second kappa shape index (κ2) is 7.00. The standard InChI is InChI=1S/C18H22F3N3O3S/c19-18(20,21)13-3-1-5-16(11-13)28(26,27)22-9-6-14(7-10-22)24-12-15-4-2-8-23(15)17(24)25/h1,3,5,11,14-15H,2,4,6-10,12H2. The van der Waals surface area contributed by atoms with Crippen LogP contribution in [0.5, 0.6) is 0 Å². The van der Waals surface area contributed by atoms with E-state index in [1.165, 1.54) is 10.4 Å². The summed E-state index contributed by atoms with van der Waals surface area (Å²) in [5.41, 5.74) is -0.980. The van der Waals surface area contributed by atoms with Gasteiger partial charge in [0, 0.05) is 38.3 Å². The van der Waals surface area contributed by atoms with Gasteiger partial charge in [-0.05, 0) is 37.8 Å². The molecule has 0 aliphatic carbocycles. The number of hydrogen-bond acceptors (Lipinski definition) is 3. The predicted molar refractivity (Wildman–Crippen MR) is 95.0 cm³/mol. The van der Waals surface area contributed by atoms with Crippen LogP contribution in [0.1, 0.15) is 31.2 Å². The highest BCUT2D eigenvalue weighted by molar-refractivity contribution is 7.95. The summed E-state index contributed by atoms with van der Waals surface area (Å²) in [5.74, 6) is 0. The Morgan fingerprint density at radius 3 is 2.39 bits per heavy atom. The topological polar surface area (TPSA) is 66.9 Å². The second-order valence-electron chi connectivity index (χ2n) is 7.59. The molecule has 2 unspecified atom stereocenters. The number of alkyl halides is 3. The van der Waals surface area contributed by atoms with Gasteiger partial charge < -0.3 is 14.4 Å². The Morgan fingerprint density at radius 1 is 1.04 bits per heavy atom. The molecule has 1 aromatic rings. The van der Waals surface area contributed by atoms with Gasteiger partial charge in [0.15, 0.2) is 15.3 Å². The monoisotopic (exact) mass is 417 g/mol. The first-order valence-corrected chi connectivity index (χ1v) is 10.9. The lowest BCUT2D eigenvalue weighted by Crippen LogP contribution is -2.49. The molecule has 3 heterocycles. The van der Waals surface area contributed by atoms with Gasteiger partial charge in [0.25, 0.3) is 0 Å². The van der Waals surface area contributed by atoms with Crippen LogP contribution in [-0.2, 0) is 20.8 Å². The molecule has 3 aliphatic heterocycles. The van der Waals surface area contributed by atoms with Crippen molar-refractivity contribution >= 4 is 16.4 Å². The minimum atomic E-state index is -4.60. The van der Waals surface area contributed by atoms with Crippen molar-refractivity contribution in [3.8, 4) is 0 Å². The first kappa shape index (κ1) is 19.7. The first-order valence-electron chi connectivity index (χ1n) is 9.42. The minimum Gasteiger partial charge on any atom is -0.593 e. The number of rotatable bonds is 3. The largest absolute Gasteiger partial charge is 0.593 e. The molecule has 154 valence electrons. The van der Waals surface area contributed by atoms with E-state index in [0.717, 1.165) is 31.5 Å². The first-order chi connectivity index (χ1) is 13.2. The number of fused-ring (bicyclic) bond motifs is 1. The zero-order chi connectivity index (χ0) is 20.1. The zero-order valence-corrected chi connectivity index (χ0v) is 16.0. The number of halogens is 3. The maximum absolute atomic E-state index is 12.9. The van der Waals surface area contributed by atoms with Gasteiger partial charge >= 0.3 is 12.2 Å². The maximum Gasteiger partial charge on any atom is 0.416 e. The summed E-state index contributed by atoms with van der Waals surface area (Å²) in [6, 6.07) is 4.11. The van der Waals surface area contributed by atoms with E-state index in [1.54, 1.807) is 0 Å². The van der Waals surface area contributed by atoms with Gasteiger partial charge in [-0.1, -0.05) is 10.3 Å². The van der Waals surface area contributed by atoms with Gasteiger partial charge in [0.05, 0.1) is 11.6 Å². The summed E-state index contributed by atoms with van der Waals surface area (Å²) in [4.78, 5) is 15.9. The quantitative estimate of drug-likeness (QED) is 0.711. The number of piperidine rings is 1. The molecule has 0 spiro atoms. The number of carbonyl (C=O) groups is 1. The lowest BCUT2D eigenvalue weighted by Gasteiger charge is -2.37. The third-order valence-corrected chi connectivity index (χ3v) is 7.83. The SMILES string of the molecule is O=C1N2CCCC2CN1C1CCN([S+](=O)([O-])c2cccc(C(F)(F)F)c2)CC1. The summed E-state index contributed by atoms with van der Waals surface area (Å²) >= 11 is 0. The molecular formula is C18H22F3N3O3S. The minimum absolute atomic E-state index is 0.0222. The van der Waals surface area contributed by atoms with Crippen LogP contribution in [0.3, 0.4) is 0 Å². The predicted octanol–water partition coefficient (Wildman–Crippen LogP) is 2.97.